The van der Waals surface area contributed by atoms with Crippen LogP contribution in [0.4, 0.5) is 0 Å². The summed E-state index contributed by atoms with van der Waals surface area (Å²) in [5, 5.41) is 12.1. The lowest BCUT2D eigenvalue weighted by Crippen LogP contribution is -2.15. The maximum Gasteiger partial charge on any atom is 0.256 e. The zero-order chi connectivity index (χ0) is 10.8. The molecule has 1 aromatic carbocycles. The number of benzene rings is 1. The molecule has 0 bridgehead atoms. The van der Waals surface area contributed by atoms with Crippen LogP contribution in [-0.4, -0.2) is 11.1 Å². The largest absolute Gasteiger partial charge is 0.436 e. The summed E-state index contributed by atoms with van der Waals surface area (Å²) in [6, 6.07) is 8.18. The first kappa shape index (κ1) is 9.26. The summed E-state index contributed by atoms with van der Waals surface area (Å²) >= 11 is 0. The van der Waals surface area contributed by atoms with Crippen LogP contribution in [0, 0.1) is 0 Å². The van der Waals surface area contributed by atoms with Crippen molar-refractivity contribution >= 4 is 16.9 Å². The molecule has 0 radical (unpaired) electrons. The minimum atomic E-state index is -0.591. The molecule has 0 fully saturated rings. The normalized spacial score (nSPS) is 11.9. The van der Waals surface area contributed by atoms with Gasteiger partial charge in [-0.1, -0.05) is 18.2 Å². The smallest absolute Gasteiger partial charge is 0.256 e. The van der Waals surface area contributed by atoms with Gasteiger partial charge in [-0.05, 0) is 11.2 Å². The number of carbonyl (C=O) groups is 1. The minimum Gasteiger partial charge on any atom is -0.436 e. The summed E-state index contributed by atoms with van der Waals surface area (Å²) in [7, 11) is 0. The van der Waals surface area contributed by atoms with Crippen molar-refractivity contribution in [3.8, 4) is 0 Å². The van der Waals surface area contributed by atoms with Gasteiger partial charge in [0.2, 0.25) is 5.91 Å². The van der Waals surface area contributed by atoms with Crippen LogP contribution in [0.5, 0.6) is 0 Å². The maximum atomic E-state index is 11.1. The fraction of sp³-hybridized carbons (Fsp3) is 0. The quantitative estimate of drug-likeness (QED) is 0.532. The van der Waals surface area contributed by atoms with Gasteiger partial charge in [-0.25, -0.2) is 0 Å². The molecule has 0 atom stereocenters. The van der Waals surface area contributed by atoms with Crippen molar-refractivity contribution < 1.29 is 14.4 Å². The van der Waals surface area contributed by atoms with Gasteiger partial charge < -0.3 is 15.4 Å². The molecule has 1 amide bonds. The molecule has 0 aliphatic rings. The Bertz CT molecular complexity index is 586. The second kappa shape index (κ2) is 3.45. The van der Waals surface area contributed by atoms with E-state index in [0.717, 1.165) is 0 Å². The lowest BCUT2D eigenvalue weighted by molar-refractivity contribution is 0.100. The molecule has 1 heterocycles. The highest BCUT2D eigenvalue weighted by Crippen LogP contribution is 2.15. The van der Waals surface area contributed by atoms with Crippen LogP contribution in [0.25, 0.3) is 11.0 Å². The number of nitrogens with two attached hydrogens (primary N) is 1. The van der Waals surface area contributed by atoms with Crippen LogP contribution in [-0.2, 0) is 0 Å². The van der Waals surface area contributed by atoms with Crippen molar-refractivity contribution in [2.75, 3.05) is 0 Å². The van der Waals surface area contributed by atoms with Crippen LogP contribution in [0.15, 0.2) is 39.9 Å². The molecule has 0 saturated heterocycles. The summed E-state index contributed by atoms with van der Waals surface area (Å²) in [6.45, 7) is 0. The molecule has 5 nitrogen and oxygen atoms in total. The van der Waals surface area contributed by atoms with Crippen LogP contribution >= 0.6 is 0 Å². The Morgan fingerprint density at radius 2 is 2.13 bits per heavy atom. The lowest BCUT2D eigenvalue weighted by atomic mass is 10.1. The molecule has 5 heteroatoms. The van der Waals surface area contributed by atoms with E-state index in [1.807, 2.05) is 0 Å². The number of rotatable bonds is 1. The predicted octanol–water partition coefficient (Wildman–Crippen LogP) is 0.822. The molecular formula is C10H8N2O3. The molecule has 1 aromatic heterocycles. The van der Waals surface area contributed by atoms with E-state index in [1.54, 1.807) is 24.3 Å². The highest BCUT2D eigenvalue weighted by molar-refractivity contribution is 6.04. The van der Waals surface area contributed by atoms with Crippen molar-refractivity contribution in [1.29, 1.82) is 0 Å². The van der Waals surface area contributed by atoms with E-state index in [-0.39, 0.29) is 11.1 Å². The third-order valence-electron chi connectivity index (χ3n) is 2.02. The van der Waals surface area contributed by atoms with E-state index in [9.17, 15) is 4.79 Å². The Hall–Kier alpha value is -2.30. The Labute approximate surface area is 84.4 Å². The SMILES string of the molecule is NC(=O)c1c/c(=N\O)oc2ccccc12. The maximum absolute atomic E-state index is 11.1. The average Bonchev–Trinajstić information content (AvgIpc) is 2.27. The topological polar surface area (TPSA) is 88.8 Å². The number of carbonyl (C=O) groups excluding carboxylic acids is 1. The number of nitrogens with zero attached hydrogens (tertiary/aromatic N) is 1. The summed E-state index contributed by atoms with van der Waals surface area (Å²) in [4.78, 5) is 11.1. The third-order valence-corrected chi connectivity index (χ3v) is 2.02. The zero-order valence-corrected chi connectivity index (χ0v) is 7.68. The Morgan fingerprint density at radius 1 is 1.40 bits per heavy atom. The van der Waals surface area contributed by atoms with Crippen molar-refractivity contribution in [3.05, 3.63) is 41.4 Å². The van der Waals surface area contributed by atoms with Gasteiger partial charge in [-0.2, -0.15) is 0 Å². The van der Waals surface area contributed by atoms with Crippen molar-refractivity contribution in [1.82, 2.24) is 0 Å². The minimum absolute atomic E-state index is 0.0532. The fourth-order valence-corrected chi connectivity index (χ4v) is 1.37. The van der Waals surface area contributed by atoms with E-state index >= 15 is 0 Å². The molecule has 3 N–H and O–H groups in total. The Balaban J connectivity index is 2.93. The molecule has 0 spiro atoms. The molecule has 76 valence electrons. The first-order chi connectivity index (χ1) is 7.22. The second-order valence-electron chi connectivity index (χ2n) is 2.96. The predicted molar refractivity (Wildman–Crippen MR) is 52.1 cm³/mol. The second-order valence-corrected chi connectivity index (χ2v) is 2.96. The molecular weight excluding hydrogens is 196 g/mol. The van der Waals surface area contributed by atoms with Crippen LogP contribution in [0.3, 0.4) is 0 Å². The number of primary amides is 1. The van der Waals surface area contributed by atoms with Gasteiger partial charge in [0.25, 0.3) is 5.55 Å². The van der Waals surface area contributed by atoms with Gasteiger partial charge in [0, 0.05) is 11.5 Å². The number of amides is 1. The van der Waals surface area contributed by atoms with Gasteiger partial charge in [0.05, 0.1) is 5.56 Å². The summed E-state index contributed by atoms with van der Waals surface area (Å²) in [5.41, 5.74) is 5.86. The molecule has 2 rings (SSSR count). The van der Waals surface area contributed by atoms with Crippen molar-refractivity contribution in [2.45, 2.75) is 0 Å². The van der Waals surface area contributed by atoms with E-state index in [1.165, 1.54) is 6.07 Å². The zero-order valence-electron chi connectivity index (χ0n) is 7.68. The Morgan fingerprint density at radius 3 is 2.80 bits per heavy atom. The monoisotopic (exact) mass is 204 g/mol. The average molecular weight is 204 g/mol. The standard InChI is InChI=1S/C10H8N2O3/c11-10(13)7-5-9(12-14)15-8-4-2-1-3-6(7)8/h1-5,14H,(H2,11,13)/b12-9+. The highest BCUT2D eigenvalue weighted by atomic mass is 16.5. The van der Waals surface area contributed by atoms with Gasteiger partial charge in [-0.15, -0.1) is 0 Å². The van der Waals surface area contributed by atoms with Gasteiger partial charge in [-0.3, -0.25) is 4.79 Å². The van der Waals surface area contributed by atoms with Crippen LogP contribution in [0.2, 0.25) is 0 Å². The van der Waals surface area contributed by atoms with E-state index < -0.39 is 5.91 Å². The highest BCUT2D eigenvalue weighted by Gasteiger charge is 2.08. The molecule has 2 aromatic rings. The summed E-state index contributed by atoms with van der Waals surface area (Å²) in [6.07, 6.45) is 0. The van der Waals surface area contributed by atoms with E-state index in [2.05, 4.69) is 5.16 Å². The molecule has 0 unspecified atom stereocenters. The fourth-order valence-electron chi connectivity index (χ4n) is 1.37. The molecule has 0 saturated carbocycles. The van der Waals surface area contributed by atoms with Crippen molar-refractivity contribution in [3.63, 3.8) is 0 Å². The number of hydrogen-bond donors (Lipinski definition) is 2. The van der Waals surface area contributed by atoms with Crippen LogP contribution < -0.4 is 11.3 Å². The number of fused-ring (bicyclic) bond motifs is 1. The third kappa shape index (κ3) is 1.54. The van der Waals surface area contributed by atoms with Crippen LogP contribution in [0.1, 0.15) is 10.4 Å². The number of para-hydroxylation sites is 1. The summed E-state index contributed by atoms with van der Waals surface area (Å²) < 4.78 is 5.18. The van der Waals surface area contributed by atoms with E-state index in [4.69, 9.17) is 15.4 Å². The molecule has 0 aliphatic carbocycles. The van der Waals surface area contributed by atoms with Gasteiger partial charge in [0.1, 0.15) is 5.58 Å². The number of hydrogen-bond acceptors (Lipinski definition) is 4. The summed E-state index contributed by atoms with van der Waals surface area (Å²) in [5.74, 6) is -0.591. The first-order valence-corrected chi connectivity index (χ1v) is 4.23. The first-order valence-electron chi connectivity index (χ1n) is 4.23. The lowest BCUT2D eigenvalue weighted by Gasteiger charge is -2.00. The van der Waals surface area contributed by atoms with Crippen molar-refractivity contribution in [2.24, 2.45) is 10.9 Å². The van der Waals surface area contributed by atoms with Gasteiger partial charge in [0.15, 0.2) is 0 Å². The van der Waals surface area contributed by atoms with Gasteiger partial charge >= 0.3 is 0 Å². The Kier molecular flexibility index (Phi) is 2.13. The molecule has 0 aliphatic heterocycles. The van der Waals surface area contributed by atoms with E-state index in [0.29, 0.717) is 11.0 Å². The molecule has 15 heavy (non-hydrogen) atoms.